The van der Waals surface area contributed by atoms with Gasteiger partial charge in [0.05, 0.1) is 12.0 Å². The molecule has 9 heteroatoms. The molecule has 0 spiro atoms. The molecule has 1 fully saturated rings. The van der Waals surface area contributed by atoms with Gasteiger partial charge in [0, 0.05) is 22.5 Å². The Kier molecular flexibility index (Phi) is 21.2. The Morgan fingerprint density at radius 1 is 0.651 bits per heavy atom. The summed E-state index contributed by atoms with van der Waals surface area (Å²) in [5.41, 5.74) is 9.11. The molecular formula is C54H72O7S2. The van der Waals surface area contributed by atoms with E-state index in [2.05, 4.69) is 113 Å². The van der Waals surface area contributed by atoms with Crippen LogP contribution in [0, 0.1) is 11.3 Å². The maximum Gasteiger partial charge on any atom is 0.333 e. The van der Waals surface area contributed by atoms with Crippen LogP contribution in [0.25, 0.3) is 22.3 Å². The number of carbonyl (C=O) groups is 3. The Balaban J connectivity index is 1.68. The highest BCUT2D eigenvalue weighted by molar-refractivity contribution is 7.80. The van der Waals surface area contributed by atoms with Crippen LogP contribution >= 0.6 is 25.3 Å². The normalized spacial score (nSPS) is 15.0. The van der Waals surface area contributed by atoms with Gasteiger partial charge in [-0.05, 0) is 153 Å². The first-order valence-corrected chi connectivity index (χ1v) is 24.2. The van der Waals surface area contributed by atoms with E-state index in [1.165, 1.54) is 73.6 Å². The van der Waals surface area contributed by atoms with Crippen LogP contribution in [0.1, 0.15) is 127 Å². The second kappa shape index (κ2) is 25.9. The molecule has 0 bridgehead atoms. The van der Waals surface area contributed by atoms with E-state index >= 15 is 0 Å². The van der Waals surface area contributed by atoms with Gasteiger partial charge in [-0.1, -0.05) is 102 Å². The molecule has 63 heavy (non-hydrogen) atoms. The summed E-state index contributed by atoms with van der Waals surface area (Å²) < 4.78 is 23.6. The van der Waals surface area contributed by atoms with Crippen molar-refractivity contribution in [2.24, 2.45) is 11.3 Å². The SMILES string of the molecule is C=C(C)C(=O)OCCCc1cc(-c2ccc(-c3ccc(C4CCC(CCCCC)CC4)cc3)cc2CC)cc(CCCS)c1OCC(CS)(COC(=O)C(=C)C)COC(=O)C(=C)C. The van der Waals surface area contributed by atoms with E-state index in [-0.39, 0.29) is 43.3 Å². The summed E-state index contributed by atoms with van der Waals surface area (Å²) in [4.78, 5) is 37.4. The van der Waals surface area contributed by atoms with Gasteiger partial charge in [0.15, 0.2) is 0 Å². The molecular weight excluding hydrogens is 825 g/mol. The quantitative estimate of drug-likeness (QED) is 0.0273. The molecule has 4 rings (SSSR count). The number of ether oxygens (including phenoxy) is 4. The molecule has 0 amide bonds. The zero-order valence-electron chi connectivity index (χ0n) is 38.7. The van der Waals surface area contributed by atoms with Crippen LogP contribution < -0.4 is 4.74 Å². The first-order chi connectivity index (χ1) is 30.2. The van der Waals surface area contributed by atoms with Crippen molar-refractivity contribution >= 4 is 43.2 Å². The smallest absolute Gasteiger partial charge is 0.333 e. The highest BCUT2D eigenvalue weighted by Gasteiger charge is 2.35. The molecule has 0 radical (unpaired) electrons. The maximum absolute atomic E-state index is 12.6. The molecule has 0 unspecified atom stereocenters. The standard InChI is InChI=1S/C54H72O7S2/c1-9-11-12-15-40-18-20-42(21-19-40)43-22-24-44(25-23-43)45-26-27-49(41(10-2)30-45)48-31-46(16-13-28-58-51(55)37(3)4)50(47(32-48)17-14-29-62)59-33-54(36-63,34-60-52(56)38(5)6)35-61-53(57)39(7)8/h22-27,30-32,40,42,62-63H,3,5,7,9-21,28-29,33-36H2,1-2,4,6,8H3. The van der Waals surface area contributed by atoms with E-state index < -0.39 is 23.3 Å². The first kappa shape index (κ1) is 51.4. The fraction of sp³-hybridized carbons (Fsp3) is 0.500. The van der Waals surface area contributed by atoms with Gasteiger partial charge in [0.25, 0.3) is 0 Å². The van der Waals surface area contributed by atoms with Crippen LogP contribution in [-0.4, -0.2) is 55.8 Å². The molecule has 3 aromatic rings. The molecule has 0 saturated heterocycles. The molecule has 0 aromatic heterocycles. The first-order valence-electron chi connectivity index (χ1n) is 23.0. The molecule has 1 aliphatic rings. The lowest BCUT2D eigenvalue weighted by Crippen LogP contribution is -2.42. The van der Waals surface area contributed by atoms with Gasteiger partial charge in [-0.3, -0.25) is 0 Å². The number of unbranched alkanes of at least 4 members (excludes halogenated alkanes) is 2. The van der Waals surface area contributed by atoms with Gasteiger partial charge in [-0.25, -0.2) is 14.4 Å². The van der Waals surface area contributed by atoms with Crippen LogP contribution in [-0.2, 0) is 47.9 Å². The van der Waals surface area contributed by atoms with E-state index in [0.29, 0.717) is 42.3 Å². The lowest BCUT2D eigenvalue weighted by molar-refractivity contribution is -0.149. The van der Waals surface area contributed by atoms with Gasteiger partial charge in [0.2, 0.25) is 0 Å². The summed E-state index contributed by atoms with van der Waals surface area (Å²) in [5, 5.41) is 0. The van der Waals surface area contributed by atoms with Crippen molar-refractivity contribution in [1.82, 2.24) is 0 Å². The van der Waals surface area contributed by atoms with Crippen LogP contribution in [0.15, 0.2) is 91.1 Å². The lowest BCUT2D eigenvalue weighted by Gasteiger charge is -2.32. The highest BCUT2D eigenvalue weighted by Crippen LogP contribution is 2.40. The summed E-state index contributed by atoms with van der Waals surface area (Å²) in [6.45, 7) is 20.4. The van der Waals surface area contributed by atoms with Gasteiger partial charge in [0.1, 0.15) is 25.6 Å². The number of carbonyl (C=O) groups excluding carboxylic acids is 3. The molecule has 0 N–H and O–H groups in total. The third-order valence-corrected chi connectivity index (χ3v) is 13.2. The van der Waals surface area contributed by atoms with Crippen molar-refractivity contribution in [3.63, 3.8) is 0 Å². The lowest BCUT2D eigenvalue weighted by atomic mass is 9.77. The van der Waals surface area contributed by atoms with Gasteiger partial charge < -0.3 is 18.9 Å². The van der Waals surface area contributed by atoms with Crippen LogP contribution in [0.5, 0.6) is 5.75 Å². The van der Waals surface area contributed by atoms with Crippen molar-refractivity contribution < 1.29 is 33.3 Å². The molecule has 342 valence electrons. The van der Waals surface area contributed by atoms with Gasteiger partial charge in [-0.2, -0.15) is 25.3 Å². The van der Waals surface area contributed by atoms with E-state index in [4.69, 9.17) is 18.9 Å². The van der Waals surface area contributed by atoms with E-state index in [1.54, 1.807) is 20.8 Å². The number of hydrogen-bond acceptors (Lipinski definition) is 9. The zero-order valence-corrected chi connectivity index (χ0v) is 40.4. The number of rotatable bonds is 26. The third-order valence-electron chi connectivity index (χ3n) is 12.2. The molecule has 0 heterocycles. The van der Waals surface area contributed by atoms with Gasteiger partial charge >= 0.3 is 17.9 Å². The Bertz CT molecular complexity index is 2000. The van der Waals surface area contributed by atoms with Crippen molar-refractivity contribution in [2.75, 3.05) is 37.9 Å². The molecule has 7 nitrogen and oxygen atoms in total. The number of aryl methyl sites for hydroxylation is 3. The largest absolute Gasteiger partial charge is 0.492 e. The Labute approximate surface area is 389 Å². The average molecular weight is 897 g/mol. The number of thiol groups is 2. The maximum atomic E-state index is 12.6. The summed E-state index contributed by atoms with van der Waals surface area (Å²) in [5.74, 6) is 1.56. The van der Waals surface area contributed by atoms with Crippen molar-refractivity contribution in [1.29, 1.82) is 0 Å². The van der Waals surface area contributed by atoms with Gasteiger partial charge in [-0.15, -0.1) is 0 Å². The third kappa shape index (κ3) is 15.5. The minimum atomic E-state index is -0.996. The summed E-state index contributed by atoms with van der Waals surface area (Å²) >= 11 is 9.22. The Hall–Kier alpha value is -4.21. The molecule has 0 atom stereocenters. The second-order valence-corrected chi connectivity index (χ2v) is 18.5. The molecule has 1 saturated carbocycles. The summed E-state index contributed by atoms with van der Waals surface area (Å²) in [6, 6.07) is 20.4. The van der Waals surface area contributed by atoms with Crippen molar-refractivity contribution in [3.05, 3.63) is 113 Å². The summed E-state index contributed by atoms with van der Waals surface area (Å²) in [7, 11) is 0. The predicted molar refractivity (Wildman–Crippen MR) is 265 cm³/mol. The molecule has 0 aliphatic heterocycles. The average Bonchev–Trinajstić information content (AvgIpc) is 3.29. The summed E-state index contributed by atoms with van der Waals surface area (Å²) in [6.07, 6.45) is 14.1. The van der Waals surface area contributed by atoms with Crippen LogP contribution in [0.4, 0.5) is 0 Å². The van der Waals surface area contributed by atoms with E-state index in [1.807, 2.05) is 0 Å². The Morgan fingerprint density at radius 2 is 1.21 bits per heavy atom. The number of benzene rings is 3. The number of hydrogen-bond donors (Lipinski definition) is 2. The highest BCUT2D eigenvalue weighted by atomic mass is 32.1. The fourth-order valence-electron chi connectivity index (χ4n) is 8.22. The van der Waals surface area contributed by atoms with E-state index in [0.717, 1.165) is 41.0 Å². The molecule has 1 aliphatic carbocycles. The Morgan fingerprint density at radius 3 is 1.75 bits per heavy atom. The molecule has 3 aromatic carbocycles. The fourth-order valence-corrected chi connectivity index (χ4v) is 8.65. The van der Waals surface area contributed by atoms with Crippen LogP contribution in [0.3, 0.4) is 0 Å². The van der Waals surface area contributed by atoms with Crippen molar-refractivity contribution in [3.8, 4) is 28.0 Å². The zero-order chi connectivity index (χ0) is 45.9. The minimum Gasteiger partial charge on any atom is -0.492 e. The van der Waals surface area contributed by atoms with E-state index in [9.17, 15) is 14.4 Å². The second-order valence-electron chi connectivity index (χ2n) is 17.7. The monoisotopic (exact) mass is 896 g/mol. The topological polar surface area (TPSA) is 88.1 Å². The van der Waals surface area contributed by atoms with Crippen LogP contribution in [0.2, 0.25) is 0 Å². The predicted octanol–water partition coefficient (Wildman–Crippen LogP) is 12.9. The van der Waals surface area contributed by atoms with Crippen molar-refractivity contribution in [2.45, 2.75) is 124 Å². The number of esters is 3. The minimum absolute atomic E-state index is 0.0301.